The maximum Gasteiger partial charge on any atom is 0.263 e. The maximum atomic E-state index is 13.5. The third-order valence-electron chi connectivity index (χ3n) is 5.94. The Bertz CT molecular complexity index is 1080. The number of nitrogens with zero attached hydrogens (tertiary/aromatic N) is 1. The van der Waals surface area contributed by atoms with E-state index in [4.69, 9.17) is 14.2 Å². The van der Waals surface area contributed by atoms with Gasteiger partial charge in [0.25, 0.3) is 5.91 Å². The molecule has 1 aliphatic heterocycles. The lowest BCUT2D eigenvalue weighted by Gasteiger charge is -2.31. The average Bonchev–Trinajstić information content (AvgIpc) is 3.13. The van der Waals surface area contributed by atoms with E-state index in [0.717, 1.165) is 16.7 Å². The minimum atomic E-state index is -3.17. The Morgan fingerprint density at radius 1 is 1.09 bits per heavy atom. The van der Waals surface area contributed by atoms with Crippen molar-refractivity contribution in [1.82, 2.24) is 4.90 Å². The summed E-state index contributed by atoms with van der Waals surface area (Å²) in [7, 11) is -0.0577. The van der Waals surface area contributed by atoms with Crippen molar-refractivity contribution < 1.29 is 27.4 Å². The molecule has 0 aromatic heterocycles. The standard InChI is InChI=1S/C24H31NO6S/c1-16-7-6-8-21(17(16)2)31-18(3)24(26)25(20-11-12-32(27,28)15-20)14-19-9-10-22(29-4)23(13-19)30-5/h6-10,13,18,20H,11-12,14-15H2,1-5H3. The molecule has 1 amide bonds. The van der Waals surface area contributed by atoms with E-state index >= 15 is 0 Å². The summed E-state index contributed by atoms with van der Waals surface area (Å²) in [6.45, 7) is 5.89. The summed E-state index contributed by atoms with van der Waals surface area (Å²) >= 11 is 0. The van der Waals surface area contributed by atoms with Gasteiger partial charge in [0.05, 0.1) is 25.7 Å². The van der Waals surface area contributed by atoms with E-state index in [1.165, 1.54) is 0 Å². The lowest BCUT2D eigenvalue weighted by Crippen LogP contribution is -2.46. The molecule has 2 unspecified atom stereocenters. The number of sulfone groups is 1. The summed E-state index contributed by atoms with van der Waals surface area (Å²) in [5.74, 6) is 1.58. The normalized spacial score (nSPS) is 18.1. The molecule has 2 atom stereocenters. The maximum absolute atomic E-state index is 13.5. The third kappa shape index (κ3) is 5.35. The number of hydrogen-bond acceptors (Lipinski definition) is 6. The quantitative estimate of drug-likeness (QED) is 0.600. The Morgan fingerprint density at radius 3 is 2.44 bits per heavy atom. The molecule has 0 N–H and O–H groups in total. The summed E-state index contributed by atoms with van der Waals surface area (Å²) in [5, 5.41) is 0. The largest absolute Gasteiger partial charge is 0.493 e. The zero-order chi connectivity index (χ0) is 23.5. The van der Waals surface area contributed by atoms with Gasteiger partial charge in [-0.05, 0) is 62.1 Å². The second-order valence-corrected chi connectivity index (χ2v) is 10.4. The van der Waals surface area contributed by atoms with Crippen LogP contribution in [0.25, 0.3) is 0 Å². The monoisotopic (exact) mass is 461 g/mol. The van der Waals surface area contributed by atoms with Gasteiger partial charge < -0.3 is 19.1 Å². The van der Waals surface area contributed by atoms with Gasteiger partial charge in [0.1, 0.15) is 5.75 Å². The first-order chi connectivity index (χ1) is 15.1. The predicted molar refractivity (Wildman–Crippen MR) is 123 cm³/mol. The lowest BCUT2D eigenvalue weighted by atomic mass is 10.1. The molecule has 0 radical (unpaired) electrons. The van der Waals surface area contributed by atoms with Gasteiger partial charge in [-0.15, -0.1) is 0 Å². The number of methoxy groups -OCH3 is 2. The van der Waals surface area contributed by atoms with Crippen LogP contribution in [0.2, 0.25) is 0 Å². The summed E-state index contributed by atoms with van der Waals surface area (Å²) in [6, 6.07) is 10.7. The second-order valence-electron chi connectivity index (χ2n) is 8.17. The molecule has 0 bridgehead atoms. The zero-order valence-corrected chi connectivity index (χ0v) is 20.1. The van der Waals surface area contributed by atoms with Gasteiger partial charge in [-0.3, -0.25) is 4.79 Å². The molecule has 32 heavy (non-hydrogen) atoms. The number of amides is 1. The molecule has 0 aliphatic carbocycles. The molecule has 1 heterocycles. The third-order valence-corrected chi connectivity index (χ3v) is 7.69. The Labute approximate surface area is 190 Å². The molecular weight excluding hydrogens is 430 g/mol. The molecule has 174 valence electrons. The Kier molecular flexibility index (Phi) is 7.33. The van der Waals surface area contributed by atoms with Crippen molar-refractivity contribution in [2.45, 2.75) is 45.9 Å². The summed E-state index contributed by atoms with van der Waals surface area (Å²) < 4.78 is 41.0. The van der Waals surface area contributed by atoms with Gasteiger partial charge in [-0.1, -0.05) is 18.2 Å². The van der Waals surface area contributed by atoms with Crippen molar-refractivity contribution in [3.05, 3.63) is 53.1 Å². The van der Waals surface area contributed by atoms with E-state index in [1.807, 2.05) is 38.1 Å². The van der Waals surface area contributed by atoms with Gasteiger partial charge >= 0.3 is 0 Å². The van der Waals surface area contributed by atoms with E-state index < -0.39 is 22.0 Å². The van der Waals surface area contributed by atoms with E-state index in [1.54, 1.807) is 38.2 Å². The highest BCUT2D eigenvalue weighted by Crippen LogP contribution is 2.30. The highest BCUT2D eigenvalue weighted by Gasteiger charge is 2.37. The molecule has 7 nitrogen and oxygen atoms in total. The molecule has 0 saturated carbocycles. The average molecular weight is 462 g/mol. The fraction of sp³-hybridized carbons (Fsp3) is 0.458. The van der Waals surface area contributed by atoms with Crippen LogP contribution in [-0.4, -0.2) is 57.1 Å². The molecular formula is C24H31NO6S. The first kappa shape index (κ1) is 23.9. The van der Waals surface area contributed by atoms with Crippen LogP contribution < -0.4 is 14.2 Å². The lowest BCUT2D eigenvalue weighted by molar-refractivity contribution is -0.140. The number of carbonyl (C=O) groups is 1. The zero-order valence-electron chi connectivity index (χ0n) is 19.3. The number of aryl methyl sites for hydroxylation is 1. The SMILES string of the molecule is COc1ccc(CN(C(=O)C(C)Oc2cccc(C)c2C)C2CCS(=O)(=O)C2)cc1OC. The van der Waals surface area contributed by atoms with Gasteiger partial charge in [0, 0.05) is 12.6 Å². The van der Waals surface area contributed by atoms with Crippen molar-refractivity contribution in [3.63, 3.8) is 0 Å². The first-order valence-corrected chi connectivity index (χ1v) is 12.4. The molecule has 0 spiro atoms. The van der Waals surface area contributed by atoms with E-state index in [-0.39, 0.29) is 24.0 Å². The van der Waals surface area contributed by atoms with E-state index in [2.05, 4.69) is 0 Å². The molecule has 2 aromatic carbocycles. The Balaban J connectivity index is 1.87. The number of benzene rings is 2. The number of ether oxygens (including phenoxy) is 3. The van der Waals surface area contributed by atoms with Crippen LogP contribution in [0.5, 0.6) is 17.2 Å². The molecule has 1 aliphatic rings. The Hall–Kier alpha value is -2.74. The van der Waals surface area contributed by atoms with Gasteiger partial charge in [-0.2, -0.15) is 0 Å². The van der Waals surface area contributed by atoms with Gasteiger partial charge in [-0.25, -0.2) is 8.42 Å². The van der Waals surface area contributed by atoms with Crippen molar-refractivity contribution in [1.29, 1.82) is 0 Å². The summed E-state index contributed by atoms with van der Waals surface area (Å²) in [4.78, 5) is 15.1. The highest BCUT2D eigenvalue weighted by molar-refractivity contribution is 7.91. The van der Waals surface area contributed by atoms with Crippen LogP contribution in [0.3, 0.4) is 0 Å². The second kappa shape index (κ2) is 9.81. The van der Waals surface area contributed by atoms with Crippen molar-refractivity contribution in [3.8, 4) is 17.2 Å². The van der Waals surface area contributed by atoms with Crippen LogP contribution in [0.4, 0.5) is 0 Å². The fourth-order valence-corrected chi connectivity index (χ4v) is 5.64. The smallest absolute Gasteiger partial charge is 0.263 e. The van der Waals surface area contributed by atoms with Crippen LogP contribution in [0, 0.1) is 13.8 Å². The Morgan fingerprint density at radius 2 is 1.81 bits per heavy atom. The van der Waals surface area contributed by atoms with Crippen molar-refractivity contribution >= 4 is 15.7 Å². The molecule has 1 saturated heterocycles. The van der Waals surface area contributed by atoms with Crippen LogP contribution in [-0.2, 0) is 21.2 Å². The minimum Gasteiger partial charge on any atom is -0.493 e. The number of carbonyl (C=O) groups excluding carboxylic acids is 1. The first-order valence-electron chi connectivity index (χ1n) is 10.6. The van der Waals surface area contributed by atoms with Gasteiger partial charge in [0.15, 0.2) is 27.4 Å². The van der Waals surface area contributed by atoms with E-state index in [9.17, 15) is 13.2 Å². The van der Waals surface area contributed by atoms with Crippen LogP contribution >= 0.6 is 0 Å². The number of hydrogen-bond donors (Lipinski definition) is 0. The molecule has 3 rings (SSSR count). The van der Waals surface area contributed by atoms with Crippen LogP contribution in [0.15, 0.2) is 36.4 Å². The molecule has 1 fully saturated rings. The number of rotatable bonds is 8. The molecule has 8 heteroatoms. The van der Waals surface area contributed by atoms with E-state index in [0.29, 0.717) is 23.7 Å². The minimum absolute atomic E-state index is 0.0395. The fourth-order valence-electron chi connectivity index (χ4n) is 3.91. The van der Waals surface area contributed by atoms with Crippen LogP contribution in [0.1, 0.15) is 30.0 Å². The van der Waals surface area contributed by atoms with Crippen molar-refractivity contribution in [2.75, 3.05) is 25.7 Å². The predicted octanol–water partition coefficient (Wildman–Crippen LogP) is 3.30. The summed E-state index contributed by atoms with van der Waals surface area (Å²) in [5.41, 5.74) is 2.87. The topological polar surface area (TPSA) is 82.1 Å². The summed E-state index contributed by atoms with van der Waals surface area (Å²) in [6.07, 6.45) is -0.351. The highest BCUT2D eigenvalue weighted by atomic mass is 32.2. The van der Waals surface area contributed by atoms with Crippen molar-refractivity contribution in [2.24, 2.45) is 0 Å². The molecule has 2 aromatic rings. The van der Waals surface area contributed by atoms with Gasteiger partial charge in [0.2, 0.25) is 0 Å².